The molecule has 0 N–H and O–H groups in total. The number of rotatable bonds is 5. The summed E-state index contributed by atoms with van der Waals surface area (Å²) in [5, 5.41) is 0.947. The number of hydrogen-bond donors (Lipinski definition) is 0. The van der Waals surface area contributed by atoms with Crippen LogP contribution in [0.2, 0.25) is 0 Å². The van der Waals surface area contributed by atoms with E-state index in [1.54, 1.807) is 25.1 Å². The minimum absolute atomic E-state index is 0.0978. The van der Waals surface area contributed by atoms with Gasteiger partial charge in [0.25, 0.3) is 5.91 Å². The molecule has 0 saturated carbocycles. The monoisotopic (exact) mass is 349 g/mol. The number of methoxy groups -OCH3 is 1. The molecule has 0 saturated heterocycles. The predicted molar refractivity (Wildman–Crippen MR) is 105 cm³/mol. The molecule has 0 radical (unpaired) electrons. The number of hydrogen-bond acceptors (Lipinski definition) is 4. The van der Waals surface area contributed by atoms with Crippen LogP contribution in [0.25, 0.3) is 10.9 Å². The van der Waals surface area contributed by atoms with E-state index in [9.17, 15) is 4.79 Å². The van der Waals surface area contributed by atoms with Gasteiger partial charge >= 0.3 is 0 Å². The average molecular weight is 349 g/mol. The van der Waals surface area contributed by atoms with Gasteiger partial charge < -0.3 is 14.5 Å². The number of benzene rings is 2. The van der Waals surface area contributed by atoms with Crippen LogP contribution in [0.5, 0.6) is 5.75 Å². The van der Waals surface area contributed by atoms with E-state index in [0.717, 1.165) is 27.9 Å². The number of nitrogens with zero attached hydrogens (tertiary/aromatic N) is 3. The Morgan fingerprint density at radius 2 is 1.73 bits per heavy atom. The Kier molecular flexibility index (Phi) is 5.07. The Morgan fingerprint density at radius 3 is 2.38 bits per heavy atom. The van der Waals surface area contributed by atoms with E-state index in [-0.39, 0.29) is 5.91 Å². The molecule has 0 unspecified atom stereocenters. The molecular weight excluding hydrogens is 326 g/mol. The number of amides is 1. The maximum Gasteiger partial charge on any atom is 0.272 e. The van der Waals surface area contributed by atoms with Gasteiger partial charge in [0, 0.05) is 38.8 Å². The smallest absolute Gasteiger partial charge is 0.272 e. The van der Waals surface area contributed by atoms with Crippen LogP contribution in [0, 0.1) is 0 Å². The number of carbonyl (C=O) groups excluding carboxylic acids is 1. The number of pyridine rings is 1. The minimum Gasteiger partial charge on any atom is -0.497 e. The molecule has 26 heavy (non-hydrogen) atoms. The topological polar surface area (TPSA) is 45.7 Å². The quantitative estimate of drug-likeness (QED) is 0.706. The van der Waals surface area contributed by atoms with Crippen LogP contribution in [0.3, 0.4) is 0 Å². The molecule has 1 amide bonds. The van der Waals surface area contributed by atoms with Gasteiger partial charge in [-0.05, 0) is 42.0 Å². The highest BCUT2D eigenvalue weighted by Gasteiger charge is 2.14. The van der Waals surface area contributed by atoms with E-state index in [0.29, 0.717) is 12.2 Å². The molecule has 1 heterocycles. The van der Waals surface area contributed by atoms with E-state index in [1.807, 2.05) is 55.4 Å². The van der Waals surface area contributed by atoms with E-state index >= 15 is 0 Å². The van der Waals surface area contributed by atoms with Crippen LogP contribution < -0.4 is 9.64 Å². The second-order valence-electron chi connectivity index (χ2n) is 6.48. The van der Waals surface area contributed by atoms with Gasteiger partial charge in [-0.2, -0.15) is 0 Å². The third-order valence-electron chi connectivity index (χ3n) is 4.33. The minimum atomic E-state index is -0.0978. The number of ether oxygens (including phenoxy) is 1. The molecular formula is C21H23N3O2. The Morgan fingerprint density at radius 1 is 1.00 bits per heavy atom. The molecule has 0 aliphatic rings. The van der Waals surface area contributed by atoms with Gasteiger partial charge in [-0.1, -0.05) is 18.2 Å². The Balaban J connectivity index is 1.76. The predicted octanol–water partition coefficient (Wildman–Crippen LogP) is 3.58. The molecule has 0 spiro atoms. The Hall–Kier alpha value is -3.08. The highest BCUT2D eigenvalue weighted by atomic mass is 16.5. The molecule has 3 rings (SSSR count). The first-order valence-corrected chi connectivity index (χ1v) is 8.44. The summed E-state index contributed by atoms with van der Waals surface area (Å²) >= 11 is 0. The van der Waals surface area contributed by atoms with Crippen molar-refractivity contribution in [1.82, 2.24) is 9.88 Å². The van der Waals surface area contributed by atoms with E-state index in [2.05, 4.69) is 17.1 Å². The van der Waals surface area contributed by atoms with Crippen molar-refractivity contribution >= 4 is 22.5 Å². The molecule has 0 fully saturated rings. The Bertz CT molecular complexity index is 920. The second-order valence-corrected chi connectivity index (χ2v) is 6.48. The largest absolute Gasteiger partial charge is 0.497 e. The maximum atomic E-state index is 12.7. The highest BCUT2D eigenvalue weighted by Crippen LogP contribution is 2.20. The van der Waals surface area contributed by atoms with Crippen LogP contribution in [0.1, 0.15) is 16.1 Å². The number of carbonyl (C=O) groups is 1. The first-order valence-electron chi connectivity index (χ1n) is 8.44. The van der Waals surface area contributed by atoms with Crippen LogP contribution in [-0.2, 0) is 6.54 Å². The summed E-state index contributed by atoms with van der Waals surface area (Å²) in [6, 6.07) is 17.5. The van der Waals surface area contributed by atoms with E-state index < -0.39 is 0 Å². The third-order valence-corrected chi connectivity index (χ3v) is 4.33. The van der Waals surface area contributed by atoms with Crippen molar-refractivity contribution in [2.24, 2.45) is 0 Å². The van der Waals surface area contributed by atoms with Crippen molar-refractivity contribution in [3.63, 3.8) is 0 Å². The zero-order chi connectivity index (χ0) is 18.7. The van der Waals surface area contributed by atoms with Crippen LogP contribution in [0.4, 0.5) is 5.69 Å². The van der Waals surface area contributed by atoms with Gasteiger partial charge in [-0.25, -0.2) is 4.98 Å². The first-order chi connectivity index (χ1) is 12.5. The molecule has 0 atom stereocenters. The van der Waals surface area contributed by atoms with Crippen molar-refractivity contribution in [3.05, 3.63) is 65.9 Å². The summed E-state index contributed by atoms with van der Waals surface area (Å²) in [6.07, 6.45) is 0. The normalized spacial score (nSPS) is 10.6. The lowest BCUT2D eigenvalue weighted by atomic mass is 10.1. The SMILES string of the molecule is COc1ccc2nc(C(=O)N(C)Cc3ccc(N(C)C)cc3)ccc2c1. The lowest BCUT2D eigenvalue weighted by molar-refractivity contribution is 0.0779. The zero-order valence-electron chi connectivity index (χ0n) is 15.6. The van der Waals surface area contributed by atoms with Gasteiger partial charge in [0.15, 0.2) is 0 Å². The van der Waals surface area contributed by atoms with Gasteiger partial charge in [0.1, 0.15) is 11.4 Å². The van der Waals surface area contributed by atoms with Gasteiger partial charge in [-0.15, -0.1) is 0 Å². The van der Waals surface area contributed by atoms with Crippen LogP contribution >= 0.6 is 0 Å². The summed E-state index contributed by atoms with van der Waals surface area (Å²) in [5.41, 5.74) is 3.43. The summed E-state index contributed by atoms with van der Waals surface area (Å²) in [5.74, 6) is 0.677. The third kappa shape index (κ3) is 3.77. The van der Waals surface area contributed by atoms with Crippen molar-refractivity contribution < 1.29 is 9.53 Å². The zero-order valence-corrected chi connectivity index (χ0v) is 15.6. The summed E-state index contributed by atoms with van der Waals surface area (Å²) < 4.78 is 5.22. The number of anilines is 1. The van der Waals surface area contributed by atoms with Crippen LogP contribution in [0.15, 0.2) is 54.6 Å². The summed E-state index contributed by atoms with van der Waals surface area (Å²) in [6.45, 7) is 0.537. The summed E-state index contributed by atoms with van der Waals surface area (Å²) in [7, 11) is 7.44. The molecule has 5 nitrogen and oxygen atoms in total. The van der Waals surface area contributed by atoms with E-state index in [1.165, 1.54) is 0 Å². The second kappa shape index (κ2) is 7.44. The number of aromatic nitrogens is 1. The van der Waals surface area contributed by atoms with Crippen molar-refractivity contribution in [1.29, 1.82) is 0 Å². The molecule has 0 aliphatic heterocycles. The van der Waals surface area contributed by atoms with Gasteiger partial charge in [-0.3, -0.25) is 4.79 Å². The molecule has 3 aromatic rings. The fourth-order valence-corrected chi connectivity index (χ4v) is 2.79. The van der Waals surface area contributed by atoms with Crippen molar-refractivity contribution in [3.8, 4) is 5.75 Å². The molecule has 0 bridgehead atoms. The van der Waals surface area contributed by atoms with Gasteiger partial charge in [0.05, 0.1) is 12.6 Å². The first kappa shape index (κ1) is 17.7. The van der Waals surface area contributed by atoms with Crippen LogP contribution in [-0.4, -0.2) is 44.0 Å². The van der Waals surface area contributed by atoms with Gasteiger partial charge in [0.2, 0.25) is 0 Å². The summed E-state index contributed by atoms with van der Waals surface area (Å²) in [4.78, 5) is 20.9. The molecule has 134 valence electrons. The lowest BCUT2D eigenvalue weighted by Gasteiger charge is -2.18. The molecule has 1 aromatic heterocycles. The lowest BCUT2D eigenvalue weighted by Crippen LogP contribution is -2.27. The Labute approximate surface area is 153 Å². The molecule has 5 heteroatoms. The fourth-order valence-electron chi connectivity index (χ4n) is 2.79. The van der Waals surface area contributed by atoms with Crippen molar-refractivity contribution in [2.75, 3.05) is 33.2 Å². The number of fused-ring (bicyclic) bond motifs is 1. The fraction of sp³-hybridized carbons (Fsp3) is 0.238. The molecule has 2 aromatic carbocycles. The average Bonchev–Trinajstić information content (AvgIpc) is 2.66. The highest BCUT2D eigenvalue weighted by molar-refractivity contribution is 5.94. The maximum absolute atomic E-state index is 12.7. The van der Waals surface area contributed by atoms with E-state index in [4.69, 9.17) is 4.74 Å². The van der Waals surface area contributed by atoms with Crippen molar-refractivity contribution in [2.45, 2.75) is 6.54 Å². The molecule has 0 aliphatic carbocycles. The standard InChI is InChI=1S/C21H23N3O2/c1-23(2)17-8-5-15(6-9-17)14-24(3)21(25)20-11-7-16-13-18(26-4)10-12-19(16)22-20/h5-13H,14H2,1-4H3.